The number of allylic oxidation sites excluding steroid dienone is 1. The summed E-state index contributed by atoms with van der Waals surface area (Å²) in [6, 6.07) is 29.3. The first kappa shape index (κ1) is 30.5. The highest BCUT2D eigenvalue weighted by Gasteiger charge is 2.35. The Bertz CT molecular complexity index is 1930. The molecule has 0 N–H and O–H groups in total. The molecule has 1 aliphatic carbocycles. The first-order chi connectivity index (χ1) is 21.6. The molecule has 1 heterocycles. The normalized spacial score (nSPS) is 15.7. The minimum absolute atomic E-state index is 0.0142. The third-order valence-electron chi connectivity index (χ3n) is 8.86. The van der Waals surface area contributed by atoms with E-state index in [1.165, 1.54) is 0 Å². The number of carbonyl (C=O) groups is 2. The lowest BCUT2D eigenvalue weighted by molar-refractivity contribution is -0.121. The van der Waals surface area contributed by atoms with Gasteiger partial charge < -0.3 is 9.64 Å². The monoisotopic (exact) mass is 616 g/mol. The number of nitrogens with zero attached hydrogens (tertiary/aromatic N) is 2. The number of hydrogen-bond donors (Lipinski definition) is 0. The van der Waals surface area contributed by atoms with Crippen molar-refractivity contribution >= 4 is 62.5 Å². The molecule has 4 aromatic carbocycles. The maximum atomic E-state index is 14.1. The van der Waals surface area contributed by atoms with E-state index in [0.717, 1.165) is 56.2 Å². The number of esters is 1. The van der Waals surface area contributed by atoms with Crippen LogP contribution in [0.2, 0.25) is 5.02 Å². The summed E-state index contributed by atoms with van der Waals surface area (Å²) < 4.78 is 5.88. The van der Waals surface area contributed by atoms with E-state index in [0.29, 0.717) is 23.6 Å². The van der Waals surface area contributed by atoms with Crippen LogP contribution in [0.15, 0.2) is 91.0 Å². The van der Waals surface area contributed by atoms with Crippen molar-refractivity contribution in [3.05, 3.63) is 118 Å². The van der Waals surface area contributed by atoms with Gasteiger partial charge in [0.25, 0.3) is 5.91 Å². The highest BCUT2D eigenvalue weighted by atomic mass is 35.5. The Hall–Kier alpha value is -4.48. The Morgan fingerprint density at radius 1 is 0.911 bits per heavy atom. The summed E-state index contributed by atoms with van der Waals surface area (Å²) in [7, 11) is 0. The van der Waals surface area contributed by atoms with E-state index >= 15 is 0 Å². The highest BCUT2D eigenvalue weighted by molar-refractivity contribution is 6.30. The van der Waals surface area contributed by atoms with E-state index in [1.807, 2.05) is 97.9 Å². The maximum absolute atomic E-state index is 14.1. The highest BCUT2D eigenvalue weighted by Crippen LogP contribution is 2.45. The van der Waals surface area contributed by atoms with E-state index in [4.69, 9.17) is 21.3 Å². The number of fused-ring (bicyclic) bond motifs is 3. The molecule has 0 saturated carbocycles. The van der Waals surface area contributed by atoms with Crippen molar-refractivity contribution in [3.8, 4) is 0 Å². The summed E-state index contributed by atoms with van der Waals surface area (Å²) in [4.78, 5) is 34.5. The van der Waals surface area contributed by atoms with E-state index in [-0.39, 0.29) is 23.8 Å². The molecule has 0 fully saturated rings. The summed E-state index contributed by atoms with van der Waals surface area (Å²) in [6.45, 7) is 8.72. The van der Waals surface area contributed by atoms with Gasteiger partial charge in [0.15, 0.2) is 6.61 Å². The maximum Gasteiger partial charge on any atom is 0.339 e. The molecule has 1 unspecified atom stereocenters. The molecule has 1 aliphatic rings. The number of likely N-dealkylation sites (N-methyl/N-ethyl adjacent to an activating group) is 1. The fourth-order valence-corrected chi connectivity index (χ4v) is 6.46. The minimum Gasteiger partial charge on any atom is -0.452 e. The predicted molar refractivity (Wildman–Crippen MR) is 185 cm³/mol. The summed E-state index contributed by atoms with van der Waals surface area (Å²) in [5.74, 6) is -0.514. The molecule has 0 aliphatic heterocycles. The lowest BCUT2D eigenvalue weighted by Crippen LogP contribution is -2.35. The number of ether oxygens (including phenoxy) is 1. The van der Waals surface area contributed by atoms with Crippen molar-refractivity contribution in [2.75, 3.05) is 18.1 Å². The molecule has 5 nitrogen and oxygen atoms in total. The van der Waals surface area contributed by atoms with Crippen molar-refractivity contribution in [3.63, 3.8) is 0 Å². The second kappa shape index (κ2) is 12.5. The van der Waals surface area contributed by atoms with Gasteiger partial charge in [-0.05, 0) is 83.5 Å². The van der Waals surface area contributed by atoms with Gasteiger partial charge in [0.2, 0.25) is 0 Å². The molecule has 0 radical (unpaired) electrons. The van der Waals surface area contributed by atoms with Crippen LogP contribution in [-0.2, 0) is 16.0 Å². The van der Waals surface area contributed by atoms with E-state index in [1.54, 1.807) is 4.90 Å². The molecule has 0 saturated heterocycles. The number of para-hydroxylation sites is 1. The van der Waals surface area contributed by atoms with Crippen molar-refractivity contribution < 1.29 is 14.3 Å². The van der Waals surface area contributed by atoms with Crippen LogP contribution in [0, 0.1) is 11.3 Å². The van der Waals surface area contributed by atoms with Crippen molar-refractivity contribution in [1.29, 1.82) is 0 Å². The lowest BCUT2D eigenvalue weighted by Gasteiger charge is -2.36. The van der Waals surface area contributed by atoms with Crippen molar-refractivity contribution in [2.45, 2.75) is 40.5 Å². The SMILES string of the molecule is CCN(C(=O)COC(=O)c1c2c(nc3ccccc13)/C(=C\c1ccc(Cl)cc1)CC(C(C)(C)C)C2)c1cccc2ccccc12. The van der Waals surface area contributed by atoms with Gasteiger partial charge in [0.1, 0.15) is 0 Å². The fraction of sp³-hybridized carbons (Fsp3) is 0.256. The molecule has 1 amide bonds. The molecule has 6 rings (SSSR count). The Morgan fingerprint density at radius 3 is 2.33 bits per heavy atom. The first-order valence-corrected chi connectivity index (χ1v) is 15.8. The van der Waals surface area contributed by atoms with Gasteiger partial charge >= 0.3 is 5.97 Å². The molecule has 45 heavy (non-hydrogen) atoms. The lowest BCUT2D eigenvalue weighted by atomic mass is 9.69. The Balaban J connectivity index is 1.38. The topological polar surface area (TPSA) is 59.5 Å². The smallest absolute Gasteiger partial charge is 0.339 e. The molecule has 0 bridgehead atoms. The van der Waals surface area contributed by atoms with E-state index < -0.39 is 5.97 Å². The molecular weight excluding hydrogens is 580 g/mol. The van der Waals surface area contributed by atoms with E-state index in [9.17, 15) is 9.59 Å². The Morgan fingerprint density at radius 2 is 1.60 bits per heavy atom. The number of aromatic nitrogens is 1. The number of carbonyl (C=O) groups excluding carboxylic acids is 2. The van der Waals surface area contributed by atoms with Gasteiger partial charge in [-0.25, -0.2) is 9.78 Å². The van der Waals surface area contributed by atoms with Gasteiger partial charge in [-0.3, -0.25) is 4.79 Å². The third-order valence-corrected chi connectivity index (χ3v) is 9.11. The van der Waals surface area contributed by atoms with Gasteiger partial charge in [0.05, 0.1) is 22.5 Å². The standard InChI is InChI=1S/C39H37ClN2O3/c1-5-42(34-16-10-12-26-11-6-7-13-30(26)34)35(43)24-45-38(44)36-31-14-8-9-15-33(31)41-37-27(21-25-17-19-29(40)20-18-25)22-28(23-32(36)37)39(2,3)4/h6-21,28H,5,22-24H2,1-4H3/b27-21-. The zero-order chi connectivity index (χ0) is 31.7. The van der Waals surface area contributed by atoms with Crippen LogP contribution in [0.4, 0.5) is 5.69 Å². The molecular formula is C39H37ClN2O3. The summed E-state index contributed by atoms with van der Waals surface area (Å²) in [5, 5.41) is 3.43. The Kier molecular flexibility index (Phi) is 8.48. The molecule has 0 spiro atoms. The number of amides is 1. The number of pyridine rings is 1. The zero-order valence-electron chi connectivity index (χ0n) is 26.1. The van der Waals surface area contributed by atoms with Crippen LogP contribution in [0.5, 0.6) is 0 Å². The largest absolute Gasteiger partial charge is 0.452 e. The number of benzene rings is 4. The van der Waals surface area contributed by atoms with Crippen LogP contribution >= 0.6 is 11.6 Å². The van der Waals surface area contributed by atoms with Crippen molar-refractivity contribution in [1.82, 2.24) is 4.98 Å². The van der Waals surface area contributed by atoms with Gasteiger partial charge in [-0.2, -0.15) is 0 Å². The number of rotatable bonds is 6. The second-order valence-corrected chi connectivity index (χ2v) is 13.2. The quantitative estimate of drug-likeness (QED) is 0.178. The summed E-state index contributed by atoms with van der Waals surface area (Å²) in [5.41, 5.74) is 5.78. The van der Waals surface area contributed by atoms with E-state index in [2.05, 4.69) is 26.8 Å². The fourth-order valence-electron chi connectivity index (χ4n) is 6.33. The zero-order valence-corrected chi connectivity index (χ0v) is 26.9. The van der Waals surface area contributed by atoms with Crippen LogP contribution in [0.3, 0.4) is 0 Å². The number of hydrogen-bond acceptors (Lipinski definition) is 4. The predicted octanol–water partition coefficient (Wildman–Crippen LogP) is 9.40. The Labute approximate surface area is 269 Å². The second-order valence-electron chi connectivity index (χ2n) is 12.7. The average Bonchev–Trinajstić information content (AvgIpc) is 3.03. The molecule has 228 valence electrons. The van der Waals surface area contributed by atoms with Crippen molar-refractivity contribution in [2.24, 2.45) is 11.3 Å². The van der Waals surface area contributed by atoms with Crippen LogP contribution in [-0.4, -0.2) is 30.0 Å². The molecule has 1 aromatic heterocycles. The summed E-state index contributed by atoms with van der Waals surface area (Å²) >= 11 is 6.17. The summed E-state index contributed by atoms with van der Waals surface area (Å²) in [6.07, 6.45) is 3.66. The minimum atomic E-state index is -0.507. The van der Waals surface area contributed by atoms with Gasteiger partial charge in [-0.15, -0.1) is 0 Å². The number of halogens is 1. The van der Waals surface area contributed by atoms with Crippen LogP contribution in [0.1, 0.15) is 61.3 Å². The molecule has 5 aromatic rings. The third kappa shape index (κ3) is 6.23. The molecule has 1 atom stereocenters. The first-order valence-electron chi connectivity index (χ1n) is 15.5. The van der Waals surface area contributed by atoms with Crippen LogP contribution < -0.4 is 4.90 Å². The van der Waals surface area contributed by atoms with Gasteiger partial charge in [-0.1, -0.05) is 99.1 Å². The van der Waals surface area contributed by atoms with Gasteiger partial charge in [0, 0.05) is 22.3 Å². The number of anilines is 1. The molecule has 6 heteroatoms. The average molecular weight is 617 g/mol. The van der Waals surface area contributed by atoms with Crippen LogP contribution in [0.25, 0.3) is 33.3 Å².